The molecule has 7 heteroatoms. The molecule has 0 aromatic carbocycles. The van der Waals surface area contributed by atoms with Crippen LogP contribution < -0.4 is 16.8 Å². The van der Waals surface area contributed by atoms with Crippen molar-refractivity contribution in [1.29, 1.82) is 0 Å². The van der Waals surface area contributed by atoms with Crippen molar-refractivity contribution < 1.29 is 19.1 Å². The van der Waals surface area contributed by atoms with Crippen molar-refractivity contribution in [3.05, 3.63) is 0 Å². The van der Waals surface area contributed by atoms with E-state index in [1.807, 2.05) is 0 Å². The summed E-state index contributed by atoms with van der Waals surface area (Å²) in [6, 6.07) is -0.773. The molecule has 1 fully saturated rings. The third-order valence-electron chi connectivity index (χ3n) is 2.46. The first-order chi connectivity index (χ1) is 8.04. The van der Waals surface area contributed by atoms with E-state index in [-0.39, 0.29) is 6.42 Å². The van der Waals surface area contributed by atoms with Gasteiger partial charge in [0.1, 0.15) is 6.04 Å². The summed E-state index contributed by atoms with van der Waals surface area (Å²) in [5, 5.41) is 2.05. The van der Waals surface area contributed by atoms with Gasteiger partial charge in [0.05, 0.1) is 6.42 Å². The number of hydrogen-bond acceptors (Lipinski definition) is 6. The molecule has 0 radical (unpaired) electrons. The van der Waals surface area contributed by atoms with E-state index in [1.54, 1.807) is 0 Å². The van der Waals surface area contributed by atoms with Crippen LogP contribution in [0.4, 0.5) is 0 Å². The Labute approximate surface area is 98.8 Å². The average Bonchev–Trinajstić information content (AvgIpc) is 2.57. The maximum absolute atomic E-state index is 11.5. The number of carbonyl (C=O) groups is 3. The second-order valence-corrected chi connectivity index (χ2v) is 3.93. The summed E-state index contributed by atoms with van der Waals surface area (Å²) in [5.41, 5.74) is 10.9. The zero-order chi connectivity index (χ0) is 12.8. The Morgan fingerprint density at radius 3 is 2.71 bits per heavy atom. The highest BCUT2D eigenvalue weighted by molar-refractivity contribution is 6.05. The fourth-order valence-corrected chi connectivity index (χ4v) is 1.48. The van der Waals surface area contributed by atoms with Crippen molar-refractivity contribution in [1.82, 2.24) is 5.32 Å². The molecule has 0 bridgehead atoms. The summed E-state index contributed by atoms with van der Waals surface area (Å²) in [5.74, 6) is -1.68. The first kappa shape index (κ1) is 13.6. The number of carbonyl (C=O) groups excluding carboxylic acids is 3. The standard InChI is InChI=1S/C10H17N3O4/c11-4-2-1-3-6(12)10(16)17-7-5-8(14)13-9(7)15/h6-7H,1-5,11-12H2,(H,13,14,15)/t6-,7?/m0/s1. The summed E-state index contributed by atoms with van der Waals surface area (Å²) in [6.07, 6.45) is 0.806. The van der Waals surface area contributed by atoms with Crippen LogP contribution in [0.3, 0.4) is 0 Å². The molecule has 2 amide bonds. The van der Waals surface area contributed by atoms with Gasteiger partial charge < -0.3 is 16.2 Å². The monoisotopic (exact) mass is 243 g/mol. The lowest BCUT2D eigenvalue weighted by Crippen LogP contribution is -2.37. The Bertz CT molecular complexity index is 319. The Balaban J connectivity index is 2.33. The summed E-state index contributed by atoms with van der Waals surface area (Å²) in [6.45, 7) is 0.543. The number of imide groups is 1. The lowest BCUT2D eigenvalue weighted by Gasteiger charge is -2.13. The molecule has 1 saturated heterocycles. The molecule has 0 aromatic rings. The molecule has 0 saturated carbocycles. The van der Waals surface area contributed by atoms with Crippen molar-refractivity contribution in [3.8, 4) is 0 Å². The summed E-state index contributed by atoms with van der Waals surface area (Å²) in [4.78, 5) is 33.5. The molecule has 96 valence electrons. The topological polar surface area (TPSA) is 125 Å². The van der Waals surface area contributed by atoms with E-state index in [2.05, 4.69) is 5.32 Å². The minimum absolute atomic E-state index is 0.125. The Hall–Kier alpha value is -1.47. The van der Waals surface area contributed by atoms with Gasteiger partial charge in [-0.1, -0.05) is 6.42 Å². The minimum atomic E-state index is -1.03. The van der Waals surface area contributed by atoms with Crippen LogP contribution in [-0.4, -0.2) is 36.5 Å². The van der Waals surface area contributed by atoms with E-state index in [4.69, 9.17) is 16.2 Å². The van der Waals surface area contributed by atoms with E-state index in [1.165, 1.54) is 0 Å². The van der Waals surface area contributed by atoms with Gasteiger partial charge in [-0.05, 0) is 19.4 Å². The maximum atomic E-state index is 11.5. The summed E-state index contributed by atoms with van der Waals surface area (Å²) < 4.78 is 4.86. The molecule has 1 rings (SSSR count). The van der Waals surface area contributed by atoms with Gasteiger partial charge in [0.2, 0.25) is 5.91 Å². The molecule has 1 unspecified atom stereocenters. The predicted molar refractivity (Wildman–Crippen MR) is 58.5 cm³/mol. The van der Waals surface area contributed by atoms with Gasteiger partial charge in [0, 0.05) is 0 Å². The Morgan fingerprint density at radius 1 is 1.47 bits per heavy atom. The summed E-state index contributed by atoms with van der Waals surface area (Å²) in [7, 11) is 0. The molecule has 17 heavy (non-hydrogen) atoms. The lowest BCUT2D eigenvalue weighted by atomic mass is 10.1. The lowest BCUT2D eigenvalue weighted by molar-refractivity contribution is -0.155. The van der Waals surface area contributed by atoms with Gasteiger partial charge in [-0.2, -0.15) is 0 Å². The van der Waals surface area contributed by atoms with Crippen LogP contribution >= 0.6 is 0 Å². The van der Waals surface area contributed by atoms with E-state index < -0.39 is 29.9 Å². The van der Waals surface area contributed by atoms with Crippen molar-refractivity contribution in [2.45, 2.75) is 37.8 Å². The number of nitrogens with one attached hydrogen (secondary N) is 1. The van der Waals surface area contributed by atoms with Gasteiger partial charge in [-0.15, -0.1) is 0 Å². The van der Waals surface area contributed by atoms with Crippen molar-refractivity contribution in [2.75, 3.05) is 6.54 Å². The minimum Gasteiger partial charge on any atom is -0.451 e. The molecule has 0 spiro atoms. The van der Waals surface area contributed by atoms with Crippen LogP contribution in [0.15, 0.2) is 0 Å². The van der Waals surface area contributed by atoms with Gasteiger partial charge in [-0.25, -0.2) is 0 Å². The predicted octanol–water partition coefficient (Wildman–Crippen LogP) is -1.60. The fraction of sp³-hybridized carbons (Fsp3) is 0.700. The number of esters is 1. The van der Waals surface area contributed by atoms with E-state index in [9.17, 15) is 14.4 Å². The Kier molecular flexibility index (Phi) is 5.05. The van der Waals surface area contributed by atoms with Gasteiger partial charge >= 0.3 is 5.97 Å². The SMILES string of the molecule is NCCCC[C@H](N)C(=O)OC1CC(=O)NC1=O. The zero-order valence-corrected chi connectivity index (χ0v) is 9.48. The van der Waals surface area contributed by atoms with E-state index in [0.717, 1.165) is 12.8 Å². The maximum Gasteiger partial charge on any atom is 0.323 e. The first-order valence-electron chi connectivity index (χ1n) is 5.54. The molecule has 0 aliphatic carbocycles. The van der Waals surface area contributed by atoms with Crippen LogP contribution in [0.25, 0.3) is 0 Å². The number of rotatable bonds is 6. The fourth-order valence-electron chi connectivity index (χ4n) is 1.48. The zero-order valence-electron chi connectivity index (χ0n) is 9.48. The van der Waals surface area contributed by atoms with E-state index >= 15 is 0 Å². The van der Waals surface area contributed by atoms with Crippen LogP contribution in [0.5, 0.6) is 0 Å². The second-order valence-electron chi connectivity index (χ2n) is 3.93. The highest BCUT2D eigenvalue weighted by Crippen LogP contribution is 2.09. The van der Waals surface area contributed by atoms with Crippen LogP contribution in [0.1, 0.15) is 25.7 Å². The molecule has 5 N–H and O–H groups in total. The van der Waals surface area contributed by atoms with Crippen molar-refractivity contribution in [3.63, 3.8) is 0 Å². The molecular formula is C10H17N3O4. The van der Waals surface area contributed by atoms with Crippen LogP contribution in [-0.2, 0) is 19.1 Å². The number of nitrogens with two attached hydrogens (primary N) is 2. The third kappa shape index (κ3) is 4.12. The van der Waals surface area contributed by atoms with Crippen LogP contribution in [0, 0.1) is 0 Å². The van der Waals surface area contributed by atoms with Crippen molar-refractivity contribution >= 4 is 17.8 Å². The average molecular weight is 243 g/mol. The third-order valence-corrected chi connectivity index (χ3v) is 2.46. The van der Waals surface area contributed by atoms with Gasteiger partial charge in [-0.3, -0.25) is 19.7 Å². The first-order valence-corrected chi connectivity index (χ1v) is 5.54. The highest BCUT2D eigenvalue weighted by Gasteiger charge is 2.34. The number of hydrogen-bond donors (Lipinski definition) is 3. The smallest absolute Gasteiger partial charge is 0.323 e. The largest absolute Gasteiger partial charge is 0.451 e. The number of amides is 2. The van der Waals surface area contributed by atoms with E-state index in [0.29, 0.717) is 13.0 Å². The molecule has 1 aliphatic rings. The molecule has 2 atom stereocenters. The van der Waals surface area contributed by atoms with Gasteiger partial charge in [0.25, 0.3) is 5.91 Å². The normalized spacial score (nSPS) is 21.2. The highest BCUT2D eigenvalue weighted by atomic mass is 16.6. The number of unbranched alkanes of at least 4 members (excludes halogenated alkanes) is 1. The van der Waals surface area contributed by atoms with Gasteiger partial charge in [0.15, 0.2) is 6.10 Å². The van der Waals surface area contributed by atoms with Crippen LogP contribution in [0.2, 0.25) is 0 Å². The Morgan fingerprint density at radius 2 is 2.18 bits per heavy atom. The van der Waals surface area contributed by atoms with Crippen molar-refractivity contribution in [2.24, 2.45) is 11.5 Å². The summed E-state index contributed by atoms with van der Waals surface area (Å²) >= 11 is 0. The molecule has 7 nitrogen and oxygen atoms in total. The molecule has 1 heterocycles. The molecule has 1 aliphatic heterocycles. The molecule has 0 aromatic heterocycles. The second kappa shape index (κ2) is 6.31. The quantitative estimate of drug-likeness (QED) is 0.293. The molecular weight excluding hydrogens is 226 g/mol. The number of ether oxygens (including phenoxy) is 1.